The average molecular weight is 237 g/mol. The topological polar surface area (TPSA) is 73.3 Å². The summed E-state index contributed by atoms with van der Waals surface area (Å²) in [4.78, 5) is 19.1. The van der Waals surface area contributed by atoms with Gasteiger partial charge in [-0.25, -0.2) is 14.8 Å². The number of esters is 1. The van der Waals surface area contributed by atoms with Crippen molar-refractivity contribution in [2.75, 3.05) is 32.2 Å². The second kappa shape index (κ2) is 5.58. The van der Waals surface area contributed by atoms with E-state index in [1.807, 2.05) is 0 Å². The summed E-state index contributed by atoms with van der Waals surface area (Å²) in [6.45, 7) is 2.39. The molecule has 0 aromatic carbocycles. The molecule has 92 valence electrons. The zero-order valence-electron chi connectivity index (χ0n) is 9.68. The molecule has 0 amide bonds. The Balaban J connectivity index is 1.93. The SMILES string of the molecule is COC(=O)c1nccc(NCC2CCOC2)n1. The van der Waals surface area contributed by atoms with Crippen LogP contribution in [0.3, 0.4) is 0 Å². The number of hydrogen-bond donors (Lipinski definition) is 1. The molecule has 1 aliphatic heterocycles. The molecule has 1 aromatic heterocycles. The third kappa shape index (κ3) is 3.13. The Morgan fingerprint density at radius 2 is 2.59 bits per heavy atom. The second-order valence-corrected chi connectivity index (χ2v) is 3.87. The van der Waals surface area contributed by atoms with E-state index in [1.54, 1.807) is 6.07 Å². The van der Waals surface area contributed by atoms with Crippen LogP contribution in [0.25, 0.3) is 0 Å². The lowest BCUT2D eigenvalue weighted by atomic mass is 10.1. The highest BCUT2D eigenvalue weighted by molar-refractivity contribution is 5.85. The van der Waals surface area contributed by atoms with Gasteiger partial charge in [-0.05, 0) is 12.5 Å². The molecule has 1 aromatic rings. The number of nitrogens with zero attached hydrogens (tertiary/aromatic N) is 2. The minimum Gasteiger partial charge on any atom is -0.463 e. The van der Waals surface area contributed by atoms with E-state index in [9.17, 15) is 4.79 Å². The minimum atomic E-state index is -0.530. The molecular weight excluding hydrogens is 222 g/mol. The van der Waals surface area contributed by atoms with Gasteiger partial charge in [0.1, 0.15) is 5.82 Å². The summed E-state index contributed by atoms with van der Waals surface area (Å²) in [6, 6.07) is 1.72. The minimum absolute atomic E-state index is 0.0696. The summed E-state index contributed by atoms with van der Waals surface area (Å²) in [5, 5.41) is 3.17. The zero-order chi connectivity index (χ0) is 12.1. The van der Waals surface area contributed by atoms with Crippen LogP contribution in [0, 0.1) is 5.92 Å². The molecule has 0 radical (unpaired) electrons. The van der Waals surface area contributed by atoms with Crippen molar-refractivity contribution in [3.8, 4) is 0 Å². The quantitative estimate of drug-likeness (QED) is 0.777. The van der Waals surface area contributed by atoms with Crippen molar-refractivity contribution in [2.45, 2.75) is 6.42 Å². The number of rotatable bonds is 4. The average Bonchev–Trinajstić information content (AvgIpc) is 2.89. The first kappa shape index (κ1) is 11.8. The lowest BCUT2D eigenvalue weighted by molar-refractivity contribution is 0.0587. The van der Waals surface area contributed by atoms with Crippen molar-refractivity contribution >= 4 is 11.8 Å². The maximum atomic E-state index is 11.2. The summed E-state index contributed by atoms with van der Waals surface area (Å²) >= 11 is 0. The first-order valence-electron chi connectivity index (χ1n) is 5.52. The Morgan fingerprint density at radius 1 is 1.71 bits per heavy atom. The van der Waals surface area contributed by atoms with Crippen molar-refractivity contribution in [1.82, 2.24) is 9.97 Å². The van der Waals surface area contributed by atoms with Crippen LogP contribution in [0.4, 0.5) is 5.82 Å². The molecule has 1 aliphatic rings. The Labute approximate surface area is 99.4 Å². The molecule has 6 heteroatoms. The number of aromatic nitrogens is 2. The maximum absolute atomic E-state index is 11.2. The van der Waals surface area contributed by atoms with E-state index in [2.05, 4.69) is 20.0 Å². The Hall–Kier alpha value is -1.69. The monoisotopic (exact) mass is 237 g/mol. The predicted molar refractivity (Wildman–Crippen MR) is 60.8 cm³/mol. The molecule has 1 N–H and O–H groups in total. The highest BCUT2D eigenvalue weighted by atomic mass is 16.5. The number of ether oxygens (including phenoxy) is 2. The molecule has 2 heterocycles. The van der Waals surface area contributed by atoms with E-state index in [4.69, 9.17) is 4.74 Å². The van der Waals surface area contributed by atoms with Crippen LogP contribution in [-0.2, 0) is 9.47 Å². The molecule has 0 bridgehead atoms. The van der Waals surface area contributed by atoms with Crippen molar-refractivity contribution < 1.29 is 14.3 Å². The summed E-state index contributed by atoms with van der Waals surface area (Å²) in [5.41, 5.74) is 0. The smallest absolute Gasteiger partial charge is 0.376 e. The highest BCUT2D eigenvalue weighted by Crippen LogP contribution is 2.13. The van der Waals surface area contributed by atoms with Gasteiger partial charge in [0.25, 0.3) is 0 Å². The van der Waals surface area contributed by atoms with E-state index in [0.29, 0.717) is 11.7 Å². The Kier molecular flexibility index (Phi) is 3.87. The second-order valence-electron chi connectivity index (χ2n) is 3.87. The van der Waals surface area contributed by atoms with E-state index in [-0.39, 0.29) is 5.82 Å². The normalized spacial score (nSPS) is 19.0. The van der Waals surface area contributed by atoms with Gasteiger partial charge in [-0.1, -0.05) is 0 Å². The number of carbonyl (C=O) groups excluding carboxylic acids is 1. The van der Waals surface area contributed by atoms with Crippen LogP contribution in [0.2, 0.25) is 0 Å². The molecule has 0 spiro atoms. The molecule has 1 saturated heterocycles. The summed E-state index contributed by atoms with van der Waals surface area (Å²) in [6.07, 6.45) is 2.59. The molecule has 6 nitrogen and oxygen atoms in total. The van der Waals surface area contributed by atoms with Crippen LogP contribution in [0.15, 0.2) is 12.3 Å². The molecule has 0 aliphatic carbocycles. The van der Waals surface area contributed by atoms with Crippen molar-refractivity contribution in [3.63, 3.8) is 0 Å². The van der Waals surface area contributed by atoms with Crippen LogP contribution in [0.1, 0.15) is 17.0 Å². The third-order valence-electron chi connectivity index (χ3n) is 2.62. The summed E-state index contributed by atoms with van der Waals surface area (Å²) < 4.78 is 9.84. The van der Waals surface area contributed by atoms with Crippen molar-refractivity contribution in [2.24, 2.45) is 5.92 Å². The number of nitrogens with one attached hydrogen (secondary N) is 1. The van der Waals surface area contributed by atoms with Crippen LogP contribution in [-0.4, -0.2) is 42.8 Å². The fourth-order valence-corrected chi connectivity index (χ4v) is 1.64. The largest absolute Gasteiger partial charge is 0.463 e. The van der Waals surface area contributed by atoms with E-state index < -0.39 is 5.97 Å². The van der Waals surface area contributed by atoms with E-state index >= 15 is 0 Å². The van der Waals surface area contributed by atoms with Gasteiger partial charge in [0.2, 0.25) is 5.82 Å². The van der Waals surface area contributed by atoms with Crippen LogP contribution >= 0.6 is 0 Å². The van der Waals surface area contributed by atoms with Crippen molar-refractivity contribution in [1.29, 1.82) is 0 Å². The van der Waals surface area contributed by atoms with E-state index in [1.165, 1.54) is 13.3 Å². The fraction of sp³-hybridized carbons (Fsp3) is 0.545. The lowest BCUT2D eigenvalue weighted by Crippen LogP contribution is -2.16. The summed E-state index contributed by atoms with van der Waals surface area (Å²) in [5.74, 6) is 0.678. The van der Waals surface area contributed by atoms with Gasteiger partial charge < -0.3 is 14.8 Å². The molecule has 1 fully saturated rings. The summed E-state index contributed by atoms with van der Waals surface area (Å²) in [7, 11) is 1.31. The molecule has 2 rings (SSSR count). The molecule has 0 saturated carbocycles. The number of carbonyl (C=O) groups is 1. The van der Waals surface area contributed by atoms with Gasteiger partial charge in [0.05, 0.1) is 13.7 Å². The van der Waals surface area contributed by atoms with Crippen LogP contribution in [0.5, 0.6) is 0 Å². The molecular formula is C11H15N3O3. The lowest BCUT2D eigenvalue weighted by Gasteiger charge is -2.09. The predicted octanol–water partition coefficient (Wildman–Crippen LogP) is 0.712. The first-order valence-corrected chi connectivity index (χ1v) is 5.52. The van der Waals surface area contributed by atoms with Gasteiger partial charge in [0, 0.05) is 25.3 Å². The molecule has 1 atom stereocenters. The molecule has 17 heavy (non-hydrogen) atoms. The highest BCUT2D eigenvalue weighted by Gasteiger charge is 2.15. The standard InChI is InChI=1S/C11H15N3O3/c1-16-11(15)10-12-4-2-9(14-10)13-6-8-3-5-17-7-8/h2,4,8H,3,5-7H2,1H3,(H,12,13,14). The first-order chi connectivity index (χ1) is 8.29. The Bertz CT molecular complexity index is 391. The zero-order valence-corrected chi connectivity index (χ0v) is 9.68. The van der Waals surface area contributed by atoms with Gasteiger partial charge in [-0.2, -0.15) is 0 Å². The number of anilines is 1. The van der Waals surface area contributed by atoms with Gasteiger partial charge >= 0.3 is 5.97 Å². The van der Waals surface area contributed by atoms with Gasteiger partial charge in [-0.15, -0.1) is 0 Å². The Morgan fingerprint density at radius 3 is 3.29 bits per heavy atom. The number of methoxy groups -OCH3 is 1. The fourth-order valence-electron chi connectivity index (χ4n) is 1.64. The molecule has 1 unspecified atom stereocenters. The van der Waals surface area contributed by atoms with E-state index in [0.717, 1.165) is 26.2 Å². The number of hydrogen-bond acceptors (Lipinski definition) is 6. The van der Waals surface area contributed by atoms with Crippen molar-refractivity contribution in [3.05, 3.63) is 18.1 Å². The van der Waals surface area contributed by atoms with Crippen LogP contribution < -0.4 is 5.32 Å². The van der Waals surface area contributed by atoms with Gasteiger partial charge in [0.15, 0.2) is 0 Å². The van der Waals surface area contributed by atoms with Gasteiger partial charge in [-0.3, -0.25) is 0 Å². The maximum Gasteiger partial charge on any atom is 0.376 e. The third-order valence-corrected chi connectivity index (χ3v) is 2.62.